The van der Waals surface area contributed by atoms with Gasteiger partial charge in [-0.3, -0.25) is 4.55 Å². The second-order valence-corrected chi connectivity index (χ2v) is 3.70. The van der Waals surface area contributed by atoms with Crippen LogP contribution in [0.15, 0.2) is 0 Å². The Kier molecular flexibility index (Phi) is 3.85. The Morgan fingerprint density at radius 3 is 2.40 bits per heavy atom. The van der Waals surface area contributed by atoms with E-state index in [1.807, 2.05) is 6.92 Å². The van der Waals surface area contributed by atoms with E-state index in [0.29, 0.717) is 6.54 Å². The van der Waals surface area contributed by atoms with Gasteiger partial charge in [-0.1, -0.05) is 6.92 Å². The highest BCUT2D eigenvalue weighted by molar-refractivity contribution is 7.85. The normalized spacial score (nSPS) is 15.1. The highest BCUT2D eigenvalue weighted by atomic mass is 32.2. The smallest absolute Gasteiger partial charge is 0.266 e. The highest BCUT2D eigenvalue weighted by Gasteiger charge is 2.09. The van der Waals surface area contributed by atoms with Gasteiger partial charge >= 0.3 is 0 Å². The van der Waals surface area contributed by atoms with Gasteiger partial charge in [-0.15, -0.1) is 0 Å². The summed E-state index contributed by atoms with van der Waals surface area (Å²) in [6.45, 7) is 4.29. The van der Waals surface area contributed by atoms with E-state index in [1.165, 1.54) is 0 Å². The Morgan fingerprint density at radius 1 is 1.60 bits per heavy atom. The first-order chi connectivity index (χ1) is 4.45. The van der Waals surface area contributed by atoms with Gasteiger partial charge in [-0.2, -0.15) is 8.42 Å². The first kappa shape index (κ1) is 9.87. The summed E-state index contributed by atoms with van der Waals surface area (Å²) in [6.07, 6.45) is 0. The number of hydrogen-bond donors (Lipinski definition) is 2. The number of nitrogens with one attached hydrogen (secondary N) is 1. The lowest BCUT2D eigenvalue weighted by atomic mass is 10.4. The minimum atomic E-state index is -3.81. The molecule has 2 N–H and O–H groups in total. The van der Waals surface area contributed by atoms with Gasteiger partial charge in [0, 0.05) is 6.04 Å². The van der Waals surface area contributed by atoms with Gasteiger partial charge in [0.15, 0.2) is 0 Å². The second kappa shape index (κ2) is 3.90. The Hall–Kier alpha value is -0.130. The maximum atomic E-state index is 10.2. The van der Waals surface area contributed by atoms with Gasteiger partial charge in [0.1, 0.15) is 0 Å². The van der Waals surface area contributed by atoms with Crippen molar-refractivity contribution in [3.05, 3.63) is 0 Å². The molecule has 0 aliphatic heterocycles. The predicted molar refractivity (Wildman–Crippen MR) is 39.6 cm³/mol. The van der Waals surface area contributed by atoms with Crippen LogP contribution < -0.4 is 5.32 Å². The Balaban J connectivity index is 3.69. The fraction of sp³-hybridized carbons (Fsp3) is 1.00. The molecule has 0 saturated carbocycles. The molecule has 0 aliphatic rings. The topological polar surface area (TPSA) is 66.4 Å². The average Bonchev–Trinajstić information content (AvgIpc) is 1.59. The van der Waals surface area contributed by atoms with Crippen LogP contribution in [0.2, 0.25) is 0 Å². The van der Waals surface area contributed by atoms with E-state index in [1.54, 1.807) is 6.92 Å². The lowest BCUT2D eigenvalue weighted by Crippen LogP contribution is -2.32. The zero-order chi connectivity index (χ0) is 8.20. The van der Waals surface area contributed by atoms with Gasteiger partial charge in [0.25, 0.3) is 10.1 Å². The van der Waals surface area contributed by atoms with Crippen LogP contribution >= 0.6 is 0 Å². The molecule has 0 heterocycles. The first-order valence-electron chi connectivity index (χ1n) is 3.14. The van der Waals surface area contributed by atoms with Crippen LogP contribution in [0.4, 0.5) is 0 Å². The molecule has 0 bridgehead atoms. The molecule has 1 atom stereocenters. The van der Waals surface area contributed by atoms with Crippen LogP contribution in [0.25, 0.3) is 0 Å². The Bertz CT molecular complexity index is 175. The van der Waals surface area contributed by atoms with Crippen molar-refractivity contribution in [3.8, 4) is 0 Å². The van der Waals surface area contributed by atoms with E-state index in [-0.39, 0.29) is 11.8 Å². The number of hydrogen-bond acceptors (Lipinski definition) is 3. The van der Waals surface area contributed by atoms with Gasteiger partial charge in [-0.25, -0.2) is 0 Å². The Labute approximate surface area is 61.4 Å². The predicted octanol–water partition coefficient (Wildman–Crippen LogP) is -0.128. The maximum Gasteiger partial charge on any atom is 0.266 e. The molecule has 0 aromatic carbocycles. The van der Waals surface area contributed by atoms with Crippen LogP contribution in [0, 0.1) is 0 Å². The zero-order valence-corrected chi connectivity index (χ0v) is 6.98. The molecule has 0 amide bonds. The van der Waals surface area contributed by atoms with Gasteiger partial charge in [-0.05, 0) is 13.5 Å². The second-order valence-electron chi connectivity index (χ2n) is 2.21. The molecule has 10 heavy (non-hydrogen) atoms. The van der Waals surface area contributed by atoms with Crippen LogP contribution in [-0.2, 0) is 10.1 Å². The van der Waals surface area contributed by atoms with E-state index in [9.17, 15) is 8.42 Å². The summed E-state index contributed by atoms with van der Waals surface area (Å²) >= 11 is 0. The molecule has 0 fully saturated rings. The SMILES string of the molecule is CCNC(C)CS(=O)(=O)O. The molecule has 0 aromatic heterocycles. The summed E-state index contributed by atoms with van der Waals surface area (Å²) < 4.78 is 28.8. The molecule has 4 nitrogen and oxygen atoms in total. The van der Waals surface area contributed by atoms with Crippen LogP contribution in [0.3, 0.4) is 0 Å². The fourth-order valence-electron chi connectivity index (χ4n) is 0.723. The molecule has 0 spiro atoms. The van der Waals surface area contributed by atoms with E-state index in [0.717, 1.165) is 0 Å². The standard InChI is InChI=1S/C5H13NO3S/c1-3-6-5(2)4-10(7,8)9/h5-6H,3-4H2,1-2H3,(H,7,8,9). The molecular formula is C5H13NO3S. The van der Waals surface area contributed by atoms with E-state index < -0.39 is 10.1 Å². The molecule has 0 rings (SSSR count). The largest absolute Gasteiger partial charge is 0.313 e. The molecular weight excluding hydrogens is 154 g/mol. The van der Waals surface area contributed by atoms with Crippen molar-refractivity contribution >= 4 is 10.1 Å². The van der Waals surface area contributed by atoms with Gasteiger partial charge in [0.05, 0.1) is 5.75 Å². The van der Waals surface area contributed by atoms with Crippen molar-refractivity contribution in [1.29, 1.82) is 0 Å². The molecule has 0 saturated heterocycles. The van der Waals surface area contributed by atoms with Gasteiger partial charge in [0.2, 0.25) is 0 Å². The summed E-state index contributed by atoms with van der Waals surface area (Å²) in [5.74, 6) is -0.221. The third-order valence-electron chi connectivity index (χ3n) is 1.01. The quantitative estimate of drug-likeness (QED) is 0.572. The monoisotopic (exact) mass is 167 g/mol. The summed E-state index contributed by atoms with van der Waals surface area (Å²) in [5.41, 5.74) is 0. The van der Waals surface area contributed by atoms with E-state index in [4.69, 9.17) is 4.55 Å². The summed E-state index contributed by atoms with van der Waals surface area (Å²) in [7, 11) is -3.81. The third-order valence-corrected chi connectivity index (χ3v) is 1.93. The average molecular weight is 167 g/mol. The molecule has 0 radical (unpaired) electrons. The van der Waals surface area contributed by atoms with Crippen LogP contribution in [0.1, 0.15) is 13.8 Å². The van der Waals surface area contributed by atoms with Crippen molar-refractivity contribution in [2.45, 2.75) is 19.9 Å². The van der Waals surface area contributed by atoms with Crippen molar-refractivity contribution in [1.82, 2.24) is 5.32 Å². The third kappa shape index (κ3) is 6.00. The van der Waals surface area contributed by atoms with E-state index in [2.05, 4.69) is 5.32 Å². The lowest BCUT2D eigenvalue weighted by Gasteiger charge is -2.08. The fourth-order valence-corrected chi connectivity index (χ4v) is 1.47. The van der Waals surface area contributed by atoms with Crippen molar-refractivity contribution in [3.63, 3.8) is 0 Å². The summed E-state index contributed by atoms with van der Waals surface area (Å²) in [6, 6.07) is -0.181. The van der Waals surface area contributed by atoms with Crippen molar-refractivity contribution in [2.24, 2.45) is 0 Å². The maximum absolute atomic E-state index is 10.2. The summed E-state index contributed by atoms with van der Waals surface area (Å²) in [4.78, 5) is 0. The number of rotatable bonds is 4. The molecule has 0 aromatic rings. The molecule has 5 heteroatoms. The van der Waals surface area contributed by atoms with Crippen LogP contribution in [-0.4, -0.2) is 31.3 Å². The molecule has 0 aliphatic carbocycles. The van der Waals surface area contributed by atoms with E-state index >= 15 is 0 Å². The highest BCUT2D eigenvalue weighted by Crippen LogP contribution is 1.88. The first-order valence-corrected chi connectivity index (χ1v) is 4.75. The molecule has 62 valence electrons. The lowest BCUT2D eigenvalue weighted by molar-refractivity contribution is 0.471. The van der Waals surface area contributed by atoms with Crippen molar-refractivity contribution < 1.29 is 13.0 Å². The Morgan fingerprint density at radius 2 is 2.10 bits per heavy atom. The van der Waals surface area contributed by atoms with Crippen molar-refractivity contribution in [2.75, 3.05) is 12.3 Å². The molecule has 1 unspecified atom stereocenters. The van der Waals surface area contributed by atoms with Crippen LogP contribution in [0.5, 0.6) is 0 Å². The zero-order valence-electron chi connectivity index (χ0n) is 6.16. The minimum Gasteiger partial charge on any atom is -0.313 e. The van der Waals surface area contributed by atoms with Gasteiger partial charge < -0.3 is 5.32 Å². The minimum absolute atomic E-state index is 0.181. The summed E-state index contributed by atoms with van der Waals surface area (Å²) in [5, 5.41) is 2.86.